The summed E-state index contributed by atoms with van der Waals surface area (Å²) in [6, 6.07) is 11.9. The molecule has 2 aromatic rings. The van der Waals surface area contributed by atoms with E-state index in [1.54, 1.807) is 4.68 Å². The maximum Gasteiger partial charge on any atom is 0.313 e. The third-order valence-electron chi connectivity index (χ3n) is 19.8. The van der Waals surface area contributed by atoms with Crippen LogP contribution in [0.25, 0.3) is 11.3 Å². The van der Waals surface area contributed by atoms with Crippen LogP contribution < -0.4 is 10.1 Å². The third-order valence-corrected chi connectivity index (χ3v) is 21.4. The second kappa shape index (κ2) is 16.0. The molecule has 0 bridgehead atoms. The van der Waals surface area contributed by atoms with Crippen LogP contribution in [0.1, 0.15) is 119 Å². The minimum atomic E-state index is -2.88. The molecule has 0 spiro atoms. The van der Waals surface area contributed by atoms with E-state index in [-0.39, 0.29) is 33.8 Å². The van der Waals surface area contributed by atoms with Gasteiger partial charge in [-0.05, 0) is 146 Å². The lowest BCUT2D eigenvalue weighted by atomic mass is 9.33. The van der Waals surface area contributed by atoms with Crippen LogP contribution >= 0.6 is 0 Å². The first-order valence-corrected chi connectivity index (χ1v) is 26.3. The van der Waals surface area contributed by atoms with Crippen LogP contribution in [0, 0.1) is 56.7 Å². The lowest BCUT2D eigenvalue weighted by Gasteiger charge is -2.72. The monoisotopic (exact) mass is 881 g/mol. The standard InChI is InChI=1S/C53H76N4O5S/c1-36(2)39-18-25-53(54-28-29-57-30-32-63(60,61)33-31-57)27-26-50(6)41(46(39)53)14-15-44-49(5)21-19-40(48(3,4)43(49)20-22-51(44,50)7)37-16-23-52(24-17-37,47(58)59)35-62-45-34-42(55-56(45)8)38-12-10-9-11-13-38/h9-13,16,19,34,39,41,43-44,46,54H,1,14-15,17-18,20-33,35H2,2-8H3,(H,58,59)/t39?,41-,43+,44-,46-,49+,50-,51-,52?,53+/m1/s1. The molecular formula is C53H76N4O5S. The molecule has 2 unspecified atom stereocenters. The Kier molecular flexibility index (Phi) is 11.4. The van der Waals surface area contributed by atoms with Crippen LogP contribution in [0.5, 0.6) is 5.88 Å². The van der Waals surface area contributed by atoms with Crippen molar-refractivity contribution in [1.29, 1.82) is 0 Å². The number of hydrogen-bond donors (Lipinski definition) is 2. The molecule has 2 N–H and O–H groups in total. The van der Waals surface area contributed by atoms with Gasteiger partial charge < -0.3 is 20.1 Å². The minimum Gasteiger partial charge on any atom is -0.481 e. The molecule has 4 saturated carbocycles. The fraction of sp³-hybridized carbons (Fsp3) is 0.698. The normalized spacial score (nSPS) is 39.4. The Morgan fingerprint density at radius 2 is 1.67 bits per heavy atom. The molecule has 2 heterocycles. The first kappa shape index (κ1) is 45.0. The summed E-state index contributed by atoms with van der Waals surface area (Å²) in [5.41, 5.74) is 5.82. The van der Waals surface area contributed by atoms with Crippen molar-refractivity contribution >= 4 is 15.8 Å². The smallest absolute Gasteiger partial charge is 0.313 e. The average molecular weight is 881 g/mol. The number of rotatable bonds is 11. The number of sulfone groups is 1. The number of carboxylic acids is 1. The quantitative estimate of drug-likeness (QED) is 0.215. The minimum absolute atomic E-state index is 0.0130. The topological polar surface area (TPSA) is 114 Å². The Bertz CT molecular complexity index is 2270. The largest absolute Gasteiger partial charge is 0.481 e. The van der Waals surface area contributed by atoms with Crippen molar-refractivity contribution in [3.8, 4) is 17.1 Å². The van der Waals surface area contributed by atoms with E-state index in [0.717, 1.165) is 37.2 Å². The van der Waals surface area contributed by atoms with Gasteiger partial charge in [-0.1, -0.05) is 89.3 Å². The van der Waals surface area contributed by atoms with Crippen molar-refractivity contribution in [3.63, 3.8) is 0 Å². The van der Waals surface area contributed by atoms with Gasteiger partial charge in [-0.2, -0.15) is 5.10 Å². The van der Waals surface area contributed by atoms with Gasteiger partial charge in [-0.25, -0.2) is 13.1 Å². The maximum absolute atomic E-state index is 13.0. The molecule has 5 fully saturated rings. The summed E-state index contributed by atoms with van der Waals surface area (Å²) in [5, 5.41) is 19.6. The highest BCUT2D eigenvalue weighted by Crippen LogP contribution is 2.76. The molecule has 7 aliphatic rings. The summed E-state index contributed by atoms with van der Waals surface area (Å²) in [6.45, 7) is 23.3. The number of carboxylic acid groups (broad SMARTS) is 1. The van der Waals surface area contributed by atoms with E-state index in [1.807, 2.05) is 43.4 Å². The number of benzene rings is 1. The number of hydrogen-bond acceptors (Lipinski definition) is 7. The summed E-state index contributed by atoms with van der Waals surface area (Å²) in [4.78, 5) is 15.4. The molecule has 10 heteroatoms. The zero-order valence-corrected chi connectivity index (χ0v) is 40.3. The molecule has 6 aliphatic carbocycles. The molecule has 63 heavy (non-hydrogen) atoms. The van der Waals surface area contributed by atoms with Crippen LogP contribution in [0.15, 0.2) is 71.8 Å². The Morgan fingerprint density at radius 3 is 2.35 bits per heavy atom. The second-order valence-electron chi connectivity index (χ2n) is 23.0. The predicted molar refractivity (Wildman–Crippen MR) is 252 cm³/mol. The van der Waals surface area contributed by atoms with Gasteiger partial charge in [0.25, 0.3) is 0 Å². The SMILES string of the molecule is C=C(C)C1CC[C@]2(NCCN3CCS(=O)(=O)CC3)CC[C@]3(C)[C@H](CC[C@@H]4[C@@]5(C)CC=C(C6=CCC(COc7cc(-c8ccccc8)nn7C)(C(=O)O)CC6)C(C)(C)[C@@H]5CC[C@]43C)[C@@H]12. The van der Waals surface area contributed by atoms with Crippen molar-refractivity contribution in [3.05, 3.63) is 71.8 Å². The summed E-state index contributed by atoms with van der Waals surface area (Å²) in [6.07, 6.45) is 17.7. The zero-order chi connectivity index (χ0) is 44.8. The molecule has 1 aromatic carbocycles. The van der Waals surface area contributed by atoms with Gasteiger partial charge in [-0.15, -0.1) is 0 Å². The average Bonchev–Trinajstić information content (AvgIpc) is 3.82. The molecule has 344 valence electrons. The van der Waals surface area contributed by atoms with Gasteiger partial charge in [0.1, 0.15) is 12.0 Å². The molecule has 10 atom stereocenters. The van der Waals surface area contributed by atoms with E-state index in [0.29, 0.717) is 72.9 Å². The van der Waals surface area contributed by atoms with Crippen molar-refractivity contribution in [2.45, 2.75) is 124 Å². The first-order valence-electron chi connectivity index (χ1n) is 24.5. The van der Waals surface area contributed by atoms with E-state index in [2.05, 4.69) is 75.6 Å². The number of aromatic nitrogens is 2. The van der Waals surface area contributed by atoms with Crippen LogP contribution in [0.3, 0.4) is 0 Å². The fourth-order valence-corrected chi connectivity index (χ4v) is 17.4. The fourth-order valence-electron chi connectivity index (χ4n) is 16.1. The zero-order valence-electron chi connectivity index (χ0n) is 39.5. The van der Waals surface area contributed by atoms with Crippen molar-refractivity contribution in [1.82, 2.24) is 20.0 Å². The highest BCUT2D eigenvalue weighted by Gasteiger charge is 2.70. The van der Waals surface area contributed by atoms with Gasteiger partial charge in [-0.3, -0.25) is 4.79 Å². The van der Waals surface area contributed by atoms with E-state index >= 15 is 0 Å². The van der Waals surface area contributed by atoms with Gasteiger partial charge >= 0.3 is 5.97 Å². The predicted octanol–water partition coefficient (Wildman–Crippen LogP) is 9.91. The van der Waals surface area contributed by atoms with Gasteiger partial charge in [0, 0.05) is 50.4 Å². The number of allylic oxidation sites excluding steroid dienone is 5. The van der Waals surface area contributed by atoms with Gasteiger partial charge in [0.15, 0.2) is 9.84 Å². The highest BCUT2D eigenvalue weighted by atomic mass is 32.2. The molecule has 9 rings (SSSR count). The Morgan fingerprint density at radius 1 is 0.921 bits per heavy atom. The molecule has 1 aliphatic heterocycles. The molecule has 0 radical (unpaired) electrons. The summed E-state index contributed by atoms with van der Waals surface area (Å²) in [5.74, 6) is 3.38. The van der Waals surface area contributed by atoms with Gasteiger partial charge in [0.2, 0.25) is 5.88 Å². The number of fused-ring (bicyclic) bond motifs is 7. The van der Waals surface area contributed by atoms with Crippen molar-refractivity contribution < 1.29 is 23.1 Å². The second-order valence-corrected chi connectivity index (χ2v) is 25.3. The number of carbonyl (C=O) groups is 1. The maximum atomic E-state index is 13.0. The van der Waals surface area contributed by atoms with Crippen LogP contribution in [-0.2, 0) is 21.7 Å². The molecule has 9 nitrogen and oxygen atoms in total. The Balaban J connectivity index is 0.915. The number of aliphatic carboxylic acids is 1. The lowest BCUT2D eigenvalue weighted by Crippen LogP contribution is -2.68. The summed E-state index contributed by atoms with van der Waals surface area (Å²) >= 11 is 0. The highest BCUT2D eigenvalue weighted by molar-refractivity contribution is 7.91. The molecule has 1 saturated heterocycles. The number of aryl methyl sites for hydroxylation is 1. The number of ether oxygens (including phenoxy) is 1. The molecule has 1 aromatic heterocycles. The van der Waals surface area contributed by atoms with E-state index in [4.69, 9.17) is 4.74 Å². The van der Waals surface area contributed by atoms with Crippen molar-refractivity contribution in [2.75, 3.05) is 44.3 Å². The summed E-state index contributed by atoms with van der Waals surface area (Å²) < 4.78 is 32.2. The Labute approximate surface area is 378 Å². The number of nitrogens with zero attached hydrogens (tertiary/aromatic N) is 3. The van der Waals surface area contributed by atoms with Crippen LogP contribution in [-0.4, -0.2) is 84.0 Å². The summed E-state index contributed by atoms with van der Waals surface area (Å²) in [7, 11) is -1.03. The molecule has 0 amide bonds. The third kappa shape index (κ3) is 7.33. The van der Waals surface area contributed by atoms with Gasteiger partial charge in [0.05, 0.1) is 17.2 Å². The number of nitrogens with one attached hydrogen (secondary N) is 1. The van der Waals surface area contributed by atoms with Crippen LogP contribution in [0.2, 0.25) is 0 Å². The lowest BCUT2D eigenvalue weighted by molar-refractivity contribution is -0.221. The van der Waals surface area contributed by atoms with Crippen molar-refractivity contribution in [2.24, 2.45) is 63.7 Å². The first-order chi connectivity index (χ1) is 29.8. The van der Waals surface area contributed by atoms with E-state index in [1.165, 1.54) is 68.1 Å². The van der Waals surface area contributed by atoms with E-state index in [9.17, 15) is 18.3 Å². The van der Waals surface area contributed by atoms with E-state index < -0.39 is 21.2 Å². The molecular weight excluding hydrogens is 805 g/mol. The Hall–Kier alpha value is -3.21. The van der Waals surface area contributed by atoms with Crippen LogP contribution in [0.4, 0.5) is 0 Å².